The van der Waals surface area contributed by atoms with Crippen LogP contribution in [0.3, 0.4) is 0 Å². The number of sulfone groups is 1. The van der Waals surface area contributed by atoms with E-state index in [1.54, 1.807) is 17.0 Å². The van der Waals surface area contributed by atoms with E-state index in [2.05, 4.69) is 0 Å². The van der Waals surface area contributed by atoms with Gasteiger partial charge in [-0.25, -0.2) is 8.42 Å². The molecule has 0 spiro atoms. The Hall–Kier alpha value is -1.37. The minimum absolute atomic E-state index is 0.0127. The van der Waals surface area contributed by atoms with E-state index in [1.165, 1.54) is 23.5 Å². The van der Waals surface area contributed by atoms with E-state index in [1.807, 2.05) is 17.5 Å². The van der Waals surface area contributed by atoms with E-state index in [4.69, 9.17) is 11.6 Å². The molecule has 7 heteroatoms. The zero-order chi connectivity index (χ0) is 16.4. The largest absolute Gasteiger partial charge is 0.341 e. The molecule has 0 radical (unpaired) electrons. The molecule has 1 fully saturated rings. The Kier molecular flexibility index (Phi) is 4.75. The molecule has 4 nitrogen and oxygen atoms in total. The fraction of sp³-hybridized carbons (Fsp3) is 0.312. The van der Waals surface area contributed by atoms with Crippen LogP contribution in [-0.4, -0.2) is 37.6 Å². The summed E-state index contributed by atoms with van der Waals surface area (Å²) in [5.74, 6) is -0.0127. The highest BCUT2D eigenvalue weighted by molar-refractivity contribution is 7.92. The lowest BCUT2D eigenvalue weighted by Crippen LogP contribution is -2.32. The van der Waals surface area contributed by atoms with Crippen molar-refractivity contribution in [2.45, 2.75) is 23.0 Å². The summed E-state index contributed by atoms with van der Waals surface area (Å²) < 4.78 is 25.3. The number of benzene rings is 1. The van der Waals surface area contributed by atoms with Crippen molar-refractivity contribution < 1.29 is 13.2 Å². The summed E-state index contributed by atoms with van der Waals surface area (Å²) in [7, 11) is -3.43. The number of hydrogen-bond donors (Lipinski definition) is 0. The average Bonchev–Trinajstić information content (AvgIpc) is 3.19. The van der Waals surface area contributed by atoms with Crippen LogP contribution in [0.4, 0.5) is 0 Å². The van der Waals surface area contributed by atoms with Gasteiger partial charge < -0.3 is 4.90 Å². The number of thiophene rings is 1. The van der Waals surface area contributed by atoms with Gasteiger partial charge in [0.25, 0.3) is 0 Å². The van der Waals surface area contributed by atoms with Crippen molar-refractivity contribution in [2.24, 2.45) is 0 Å². The number of halogens is 1. The maximum absolute atomic E-state index is 12.7. The number of amides is 1. The Bertz CT molecular complexity index is 785. The second-order valence-electron chi connectivity index (χ2n) is 5.51. The summed E-state index contributed by atoms with van der Waals surface area (Å²) in [5, 5.41) is 1.89. The highest BCUT2D eigenvalue weighted by Gasteiger charge is 2.36. The number of hydrogen-bond acceptors (Lipinski definition) is 4. The maximum Gasteiger partial charge on any atom is 0.227 e. The van der Waals surface area contributed by atoms with Crippen molar-refractivity contribution in [1.29, 1.82) is 0 Å². The summed E-state index contributed by atoms with van der Waals surface area (Å²) >= 11 is 7.34. The van der Waals surface area contributed by atoms with E-state index in [9.17, 15) is 13.2 Å². The Labute approximate surface area is 144 Å². The lowest BCUT2D eigenvalue weighted by Gasteiger charge is -2.16. The minimum atomic E-state index is -3.43. The Morgan fingerprint density at radius 1 is 1.26 bits per heavy atom. The first kappa shape index (κ1) is 16.5. The predicted molar refractivity (Wildman–Crippen MR) is 91.6 cm³/mol. The molecule has 122 valence electrons. The number of likely N-dealkylation sites (tertiary alicyclic amines) is 1. The molecule has 0 N–H and O–H groups in total. The fourth-order valence-corrected chi connectivity index (χ4v) is 5.21. The van der Waals surface area contributed by atoms with Crippen molar-refractivity contribution in [3.63, 3.8) is 0 Å². The second kappa shape index (κ2) is 6.63. The van der Waals surface area contributed by atoms with Gasteiger partial charge >= 0.3 is 0 Å². The number of carbonyl (C=O) groups is 1. The Morgan fingerprint density at radius 2 is 2.00 bits per heavy atom. The average molecular weight is 370 g/mol. The molecule has 1 saturated heterocycles. The van der Waals surface area contributed by atoms with Crippen molar-refractivity contribution in [1.82, 2.24) is 4.90 Å². The van der Waals surface area contributed by atoms with Crippen LogP contribution in [0.1, 0.15) is 11.3 Å². The van der Waals surface area contributed by atoms with E-state index < -0.39 is 15.1 Å². The van der Waals surface area contributed by atoms with E-state index in [0.29, 0.717) is 24.4 Å². The van der Waals surface area contributed by atoms with Crippen molar-refractivity contribution in [3.05, 3.63) is 51.7 Å². The molecule has 1 aliphatic rings. The molecule has 2 aromatic rings. The van der Waals surface area contributed by atoms with Crippen LogP contribution >= 0.6 is 22.9 Å². The van der Waals surface area contributed by atoms with E-state index >= 15 is 0 Å². The number of nitrogens with zero attached hydrogens (tertiary/aromatic N) is 1. The predicted octanol–water partition coefficient (Wildman–Crippen LogP) is 3.02. The first-order valence-corrected chi connectivity index (χ1v) is 10.1. The van der Waals surface area contributed by atoms with Crippen LogP contribution in [0, 0.1) is 0 Å². The van der Waals surface area contributed by atoms with Crippen LogP contribution in [0.15, 0.2) is 46.7 Å². The van der Waals surface area contributed by atoms with Crippen molar-refractivity contribution in [3.8, 4) is 0 Å². The van der Waals surface area contributed by atoms with Crippen molar-refractivity contribution in [2.75, 3.05) is 13.1 Å². The smallest absolute Gasteiger partial charge is 0.227 e. The van der Waals surface area contributed by atoms with Gasteiger partial charge in [-0.1, -0.05) is 17.7 Å². The normalized spacial score (nSPS) is 18.3. The van der Waals surface area contributed by atoms with Gasteiger partial charge in [0.1, 0.15) is 0 Å². The highest BCUT2D eigenvalue weighted by atomic mass is 35.5. The first-order chi connectivity index (χ1) is 11.0. The fourth-order valence-electron chi connectivity index (χ4n) is 2.70. The molecule has 1 atom stereocenters. The molecule has 1 aliphatic heterocycles. The summed E-state index contributed by atoms with van der Waals surface area (Å²) in [6.45, 7) is 0.747. The van der Waals surface area contributed by atoms with Crippen LogP contribution in [0.2, 0.25) is 5.02 Å². The standard InChI is InChI=1S/C16H16ClNO3S2/c17-12-3-5-14(6-4-12)23(20,21)15-7-8-18(11-15)16(19)10-13-2-1-9-22-13/h1-6,9,15H,7-8,10-11H2. The van der Waals surface area contributed by atoms with Gasteiger partial charge in [0.2, 0.25) is 5.91 Å². The Morgan fingerprint density at radius 3 is 2.65 bits per heavy atom. The van der Waals surface area contributed by atoms with Gasteiger partial charge in [-0.2, -0.15) is 0 Å². The molecule has 1 unspecified atom stereocenters. The quantitative estimate of drug-likeness (QED) is 0.832. The van der Waals surface area contributed by atoms with Crippen LogP contribution in [0.25, 0.3) is 0 Å². The van der Waals surface area contributed by atoms with Gasteiger partial charge in [-0.15, -0.1) is 11.3 Å². The SMILES string of the molecule is O=C(Cc1cccs1)N1CCC(S(=O)(=O)c2ccc(Cl)cc2)C1. The molecule has 1 aromatic carbocycles. The van der Waals surface area contributed by atoms with Crippen LogP contribution in [0.5, 0.6) is 0 Å². The third kappa shape index (κ3) is 3.59. The van der Waals surface area contributed by atoms with Crippen LogP contribution < -0.4 is 0 Å². The summed E-state index contributed by atoms with van der Waals surface area (Å²) in [6, 6.07) is 10.0. The molecule has 1 amide bonds. The molecule has 1 aromatic heterocycles. The van der Waals surface area contributed by atoms with Gasteiger partial charge in [-0.05, 0) is 42.1 Å². The monoisotopic (exact) mass is 369 g/mol. The van der Waals surface area contributed by atoms with Gasteiger partial charge in [0.05, 0.1) is 16.6 Å². The van der Waals surface area contributed by atoms with Crippen LogP contribution in [-0.2, 0) is 21.1 Å². The van der Waals surface area contributed by atoms with Crippen molar-refractivity contribution >= 4 is 38.7 Å². The summed E-state index contributed by atoms with van der Waals surface area (Å²) in [6.07, 6.45) is 0.812. The second-order valence-corrected chi connectivity index (χ2v) is 9.20. The van der Waals surface area contributed by atoms with Gasteiger partial charge in [-0.3, -0.25) is 4.79 Å². The maximum atomic E-state index is 12.7. The molecule has 2 heterocycles. The molecule has 0 saturated carbocycles. The molecule has 0 aliphatic carbocycles. The number of rotatable bonds is 4. The summed E-state index contributed by atoms with van der Waals surface area (Å²) in [5.41, 5.74) is 0. The molecular formula is C16H16ClNO3S2. The lowest BCUT2D eigenvalue weighted by molar-refractivity contribution is -0.129. The molecule has 0 bridgehead atoms. The Balaban J connectivity index is 1.69. The zero-order valence-corrected chi connectivity index (χ0v) is 14.7. The van der Waals surface area contributed by atoms with Gasteiger partial charge in [0.15, 0.2) is 9.84 Å². The minimum Gasteiger partial charge on any atom is -0.341 e. The highest BCUT2D eigenvalue weighted by Crippen LogP contribution is 2.25. The van der Waals surface area contributed by atoms with E-state index in [-0.39, 0.29) is 17.3 Å². The topological polar surface area (TPSA) is 54.5 Å². The molecule has 3 rings (SSSR count). The molecule has 23 heavy (non-hydrogen) atoms. The number of carbonyl (C=O) groups excluding carboxylic acids is 1. The van der Waals surface area contributed by atoms with Gasteiger partial charge in [0, 0.05) is 23.0 Å². The lowest BCUT2D eigenvalue weighted by atomic mass is 10.3. The third-order valence-corrected chi connectivity index (χ3v) is 7.30. The zero-order valence-electron chi connectivity index (χ0n) is 12.3. The third-order valence-electron chi connectivity index (χ3n) is 3.98. The summed E-state index contributed by atoms with van der Waals surface area (Å²) in [4.78, 5) is 15.2. The van der Waals surface area contributed by atoms with E-state index in [0.717, 1.165) is 4.88 Å². The molecular weight excluding hydrogens is 354 g/mol. The first-order valence-electron chi connectivity index (χ1n) is 7.26.